The van der Waals surface area contributed by atoms with Crippen molar-refractivity contribution >= 4 is 17.5 Å². The van der Waals surface area contributed by atoms with E-state index in [1.54, 1.807) is 24.3 Å². The van der Waals surface area contributed by atoms with Crippen LogP contribution in [0.4, 0.5) is 5.69 Å². The van der Waals surface area contributed by atoms with Gasteiger partial charge in [-0.15, -0.1) is 0 Å². The lowest BCUT2D eigenvalue weighted by atomic mass is 10.0. The van der Waals surface area contributed by atoms with Gasteiger partial charge in [-0.25, -0.2) is 0 Å². The molecule has 5 nitrogen and oxygen atoms in total. The van der Waals surface area contributed by atoms with Crippen LogP contribution in [0.1, 0.15) is 61.4 Å². The van der Waals surface area contributed by atoms with Crippen molar-refractivity contribution in [3.8, 4) is 5.75 Å². The van der Waals surface area contributed by atoms with Crippen LogP contribution in [0.15, 0.2) is 48.5 Å². The minimum Gasteiger partial charge on any atom is -0.483 e. The summed E-state index contributed by atoms with van der Waals surface area (Å²) in [4.78, 5) is 27.1. The number of carbonyl (C=O) groups excluding carboxylic acids is 2. The molecule has 0 unspecified atom stereocenters. The highest BCUT2D eigenvalue weighted by molar-refractivity contribution is 5.97. The Hall–Kier alpha value is -2.82. The van der Waals surface area contributed by atoms with Gasteiger partial charge < -0.3 is 15.0 Å². The number of anilines is 1. The van der Waals surface area contributed by atoms with Crippen LogP contribution in [0.3, 0.4) is 0 Å². The zero-order valence-electron chi connectivity index (χ0n) is 17.3. The van der Waals surface area contributed by atoms with Crippen molar-refractivity contribution in [2.24, 2.45) is 0 Å². The second-order valence-corrected chi connectivity index (χ2v) is 7.82. The second-order valence-electron chi connectivity index (χ2n) is 7.82. The summed E-state index contributed by atoms with van der Waals surface area (Å²) in [6.45, 7) is 5.72. The first-order valence-electron chi connectivity index (χ1n) is 10.5. The standard InChI is InChI=1S/C24H30N2O3/c1-18(2)21-12-5-6-13-22(21)29-17-23(27)25-20-11-9-10-19(16-20)24(28)26-14-7-3-4-8-15-26/h5-6,9-13,16,18H,3-4,7-8,14-15,17H2,1-2H3,(H,25,27). The van der Waals surface area contributed by atoms with Crippen LogP contribution in [0, 0.1) is 0 Å². The third kappa shape index (κ3) is 5.83. The van der Waals surface area contributed by atoms with E-state index in [0.717, 1.165) is 37.2 Å². The van der Waals surface area contributed by atoms with E-state index < -0.39 is 0 Å². The Morgan fingerprint density at radius 3 is 2.45 bits per heavy atom. The molecule has 1 heterocycles. The number of hydrogen-bond acceptors (Lipinski definition) is 3. The van der Waals surface area contributed by atoms with Crippen LogP contribution in [-0.2, 0) is 4.79 Å². The fourth-order valence-corrected chi connectivity index (χ4v) is 3.62. The Balaban J connectivity index is 1.60. The van der Waals surface area contributed by atoms with Gasteiger partial charge in [0.25, 0.3) is 11.8 Å². The molecule has 1 saturated heterocycles. The zero-order valence-corrected chi connectivity index (χ0v) is 17.3. The summed E-state index contributed by atoms with van der Waals surface area (Å²) in [6, 6.07) is 14.9. The summed E-state index contributed by atoms with van der Waals surface area (Å²) < 4.78 is 5.73. The Kier molecular flexibility index (Phi) is 7.28. The lowest BCUT2D eigenvalue weighted by Gasteiger charge is -2.20. The monoisotopic (exact) mass is 394 g/mol. The first kappa shape index (κ1) is 20.9. The Morgan fingerprint density at radius 2 is 1.72 bits per heavy atom. The average molecular weight is 395 g/mol. The third-order valence-corrected chi connectivity index (χ3v) is 5.19. The van der Waals surface area contributed by atoms with Crippen molar-refractivity contribution in [2.75, 3.05) is 25.0 Å². The topological polar surface area (TPSA) is 58.6 Å². The lowest BCUT2D eigenvalue weighted by molar-refractivity contribution is -0.118. The number of nitrogens with zero attached hydrogens (tertiary/aromatic N) is 1. The van der Waals surface area contributed by atoms with Gasteiger partial charge in [-0.1, -0.05) is 51.0 Å². The SMILES string of the molecule is CC(C)c1ccccc1OCC(=O)Nc1cccc(C(=O)N2CCCCCC2)c1. The van der Waals surface area contributed by atoms with Gasteiger partial charge >= 0.3 is 0 Å². The minimum atomic E-state index is -0.247. The van der Waals surface area contributed by atoms with Gasteiger partial charge in [-0.3, -0.25) is 9.59 Å². The number of likely N-dealkylation sites (tertiary alicyclic amines) is 1. The number of nitrogens with one attached hydrogen (secondary N) is 1. The number of hydrogen-bond donors (Lipinski definition) is 1. The molecule has 1 N–H and O–H groups in total. The van der Waals surface area contributed by atoms with Crippen molar-refractivity contribution in [2.45, 2.75) is 45.4 Å². The van der Waals surface area contributed by atoms with E-state index in [2.05, 4.69) is 19.2 Å². The maximum absolute atomic E-state index is 12.8. The molecule has 29 heavy (non-hydrogen) atoms. The highest BCUT2D eigenvalue weighted by Gasteiger charge is 2.18. The summed E-state index contributed by atoms with van der Waals surface area (Å²) in [5.41, 5.74) is 2.29. The van der Waals surface area contributed by atoms with E-state index in [9.17, 15) is 9.59 Å². The third-order valence-electron chi connectivity index (χ3n) is 5.19. The largest absolute Gasteiger partial charge is 0.483 e. The predicted molar refractivity (Wildman–Crippen MR) is 115 cm³/mol. The minimum absolute atomic E-state index is 0.0325. The highest BCUT2D eigenvalue weighted by atomic mass is 16.5. The smallest absolute Gasteiger partial charge is 0.262 e. The molecule has 2 aromatic carbocycles. The Bertz CT molecular complexity index is 840. The number of ether oxygens (including phenoxy) is 1. The summed E-state index contributed by atoms with van der Waals surface area (Å²) in [5.74, 6) is 0.826. The van der Waals surface area contributed by atoms with Crippen molar-refractivity contribution in [3.63, 3.8) is 0 Å². The van der Waals surface area contributed by atoms with E-state index in [-0.39, 0.29) is 18.4 Å². The van der Waals surface area contributed by atoms with Crippen molar-refractivity contribution in [1.82, 2.24) is 4.90 Å². The van der Waals surface area contributed by atoms with Gasteiger partial charge in [0.05, 0.1) is 0 Å². The van der Waals surface area contributed by atoms with Crippen LogP contribution in [0.2, 0.25) is 0 Å². The highest BCUT2D eigenvalue weighted by Crippen LogP contribution is 2.25. The van der Waals surface area contributed by atoms with Crippen LogP contribution < -0.4 is 10.1 Å². The molecule has 2 amide bonds. The zero-order chi connectivity index (χ0) is 20.6. The second kappa shape index (κ2) is 10.1. The van der Waals surface area contributed by atoms with Crippen LogP contribution >= 0.6 is 0 Å². The van der Waals surface area contributed by atoms with Gasteiger partial charge in [-0.05, 0) is 48.6 Å². The number of para-hydroxylation sites is 1. The molecular formula is C24H30N2O3. The first-order valence-corrected chi connectivity index (χ1v) is 10.5. The molecule has 0 aromatic heterocycles. The van der Waals surface area contributed by atoms with E-state index in [4.69, 9.17) is 4.74 Å². The maximum atomic E-state index is 12.8. The van der Waals surface area contributed by atoms with Gasteiger partial charge in [0, 0.05) is 24.3 Å². The Labute approximate surface area is 173 Å². The van der Waals surface area contributed by atoms with Crippen LogP contribution in [0.25, 0.3) is 0 Å². The lowest BCUT2D eigenvalue weighted by Crippen LogP contribution is -2.31. The van der Waals surface area contributed by atoms with Gasteiger partial charge in [0.2, 0.25) is 0 Å². The molecular weight excluding hydrogens is 364 g/mol. The number of benzene rings is 2. The van der Waals surface area contributed by atoms with E-state index >= 15 is 0 Å². The number of rotatable bonds is 6. The molecule has 0 aliphatic carbocycles. The predicted octanol–water partition coefficient (Wildman–Crippen LogP) is 4.84. The van der Waals surface area contributed by atoms with Crippen LogP contribution in [-0.4, -0.2) is 36.4 Å². The van der Waals surface area contributed by atoms with Gasteiger partial charge in [-0.2, -0.15) is 0 Å². The summed E-state index contributed by atoms with van der Waals surface area (Å²) in [7, 11) is 0. The molecule has 1 aliphatic heterocycles. The molecule has 154 valence electrons. The number of amides is 2. The van der Waals surface area contributed by atoms with Gasteiger partial charge in [0.1, 0.15) is 5.75 Å². The summed E-state index contributed by atoms with van der Waals surface area (Å²) in [6.07, 6.45) is 4.47. The van der Waals surface area contributed by atoms with Gasteiger partial charge in [0.15, 0.2) is 6.61 Å². The van der Waals surface area contributed by atoms with Crippen LogP contribution in [0.5, 0.6) is 5.75 Å². The fourth-order valence-electron chi connectivity index (χ4n) is 3.62. The summed E-state index contributed by atoms with van der Waals surface area (Å²) >= 11 is 0. The molecule has 3 rings (SSSR count). The molecule has 2 aromatic rings. The molecule has 0 radical (unpaired) electrons. The molecule has 0 saturated carbocycles. The summed E-state index contributed by atoms with van der Waals surface area (Å²) in [5, 5.41) is 2.84. The molecule has 1 fully saturated rings. The number of carbonyl (C=O) groups is 2. The van der Waals surface area contributed by atoms with Crippen molar-refractivity contribution in [1.29, 1.82) is 0 Å². The molecule has 0 spiro atoms. The molecule has 0 atom stereocenters. The van der Waals surface area contributed by atoms with Crippen molar-refractivity contribution < 1.29 is 14.3 Å². The van der Waals surface area contributed by atoms with E-state index in [0.29, 0.717) is 17.2 Å². The maximum Gasteiger partial charge on any atom is 0.262 e. The molecule has 1 aliphatic rings. The molecule has 5 heteroatoms. The first-order chi connectivity index (χ1) is 14.0. The fraction of sp³-hybridized carbons (Fsp3) is 0.417. The molecule has 0 bridgehead atoms. The van der Waals surface area contributed by atoms with E-state index in [1.807, 2.05) is 29.2 Å². The Morgan fingerprint density at radius 1 is 1.00 bits per heavy atom. The van der Waals surface area contributed by atoms with Crippen molar-refractivity contribution in [3.05, 3.63) is 59.7 Å². The normalized spacial score (nSPS) is 14.4. The van der Waals surface area contributed by atoms with E-state index in [1.165, 1.54) is 12.8 Å². The average Bonchev–Trinajstić information content (AvgIpc) is 3.01. The quantitative estimate of drug-likeness (QED) is 0.762.